The van der Waals surface area contributed by atoms with Gasteiger partial charge in [0, 0.05) is 24.8 Å². The molecule has 0 aromatic heterocycles. The van der Waals surface area contributed by atoms with Gasteiger partial charge in [0.05, 0.1) is 11.8 Å². The Kier molecular flexibility index (Phi) is 8.31. The highest BCUT2D eigenvalue weighted by Crippen LogP contribution is 2.26. The molecule has 2 atom stereocenters. The Hall–Kier alpha value is -3.19. The highest BCUT2D eigenvalue weighted by molar-refractivity contribution is 6.01. The minimum atomic E-state index is 0.0736. The summed E-state index contributed by atoms with van der Waals surface area (Å²) in [4.78, 5) is 4.90. The summed E-state index contributed by atoms with van der Waals surface area (Å²) in [7, 11) is 1.81. The normalized spacial score (nSPS) is 18.0. The molecule has 0 spiro atoms. The third kappa shape index (κ3) is 6.23. The van der Waals surface area contributed by atoms with Gasteiger partial charge in [0.25, 0.3) is 0 Å². The molecule has 2 aliphatic rings. The highest BCUT2D eigenvalue weighted by Gasteiger charge is 2.16. The van der Waals surface area contributed by atoms with Gasteiger partial charge in [-0.2, -0.15) is 0 Å². The number of aryl methyl sites for hydroxylation is 2. The summed E-state index contributed by atoms with van der Waals surface area (Å²) in [5.74, 6) is 0.432. The van der Waals surface area contributed by atoms with E-state index < -0.39 is 0 Å². The van der Waals surface area contributed by atoms with E-state index >= 15 is 0 Å². The molecule has 174 valence electrons. The van der Waals surface area contributed by atoms with Crippen LogP contribution >= 0.6 is 0 Å². The van der Waals surface area contributed by atoms with E-state index in [1.807, 2.05) is 12.2 Å². The van der Waals surface area contributed by atoms with Crippen molar-refractivity contribution in [2.24, 2.45) is 10.9 Å². The number of rotatable bonds is 8. The molecule has 0 amide bonds. The largest absolute Gasteiger partial charge is 0.377 e. The number of fused-ring (bicyclic) bond motifs is 1. The number of ether oxygens (including phenoxy) is 1. The fourth-order valence-electron chi connectivity index (χ4n) is 4.74. The molecule has 4 rings (SSSR count). The lowest BCUT2D eigenvalue weighted by molar-refractivity contribution is 0.0959. The Morgan fingerprint density at radius 2 is 1.97 bits per heavy atom. The number of hydrogen-bond donors (Lipinski definition) is 0. The van der Waals surface area contributed by atoms with Crippen molar-refractivity contribution in [3.8, 4) is 0 Å². The smallest absolute Gasteiger partial charge is 0.0824 e. The summed E-state index contributed by atoms with van der Waals surface area (Å²) in [6.45, 7) is 4.34. The standard InChI is InChI=1S/C32H35NO/c1-4-26-12-5-6-13-27(26)20-21-32(34-3)29-15-7-10-25(23-29)11-8-16-30-17-9-14-28-19-18-24(2)22-31(28)33-30/h5-7,10-13,15-19,22-23,28,32H,4,9,14,20-21H2,1-3H3. The third-order valence-corrected chi connectivity index (χ3v) is 6.66. The fraction of sp³-hybridized carbons (Fsp3) is 0.312. The van der Waals surface area contributed by atoms with E-state index in [2.05, 4.69) is 92.4 Å². The van der Waals surface area contributed by atoms with Crippen LogP contribution in [0.1, 0.15) is 61.5 Å². The Labute approximate surface area is 204 Å². The molecule has 0 bridgehead atoms. The van der Waals surface area contributed by atoms with E-state index in [9.17, 15) is 0 Å². The van der Waals surface area contributed by atoms with Crippen LogP contribution in [0.2, 0.25) is 0 Å². The average Bonchev–Trinajstić information content (AvgIpc) is 3.06. The zero-order valence-electron chi connectivity index (χ0n) is 20.6. The maximum absolute atomic E-state index is 5.88. The number of aliphatic imine (C=N–C) groups is 1. The van der Waals surface area contributed by atoms with Gasteiger partial charge in [-0.25, -0.2) is 0 Å². The molecule has 0 fully saturated rings. The predicted molar refractivity (Wildman–Crippen MR) is 144 cm³/mol. The van der Waals surface area contributed by atoms with Crippen molar-refractivity contribution in [1.82, 2.24) is 0 Å². The first-order chi connectivity index (χ1) is 16.7. The quantitative estimate of drug-likeness (QED) is 0.374. The summed E-state index contributed by atoms with van der Waals surface area (Å²) in [5.41, 5.74) is 12.0. The Morgan fingerprint density at radius 3 is 2.79 bits per heavy atom. The SMILES string of the molecule is CCc1ccccc1CCC(OC)c1cccc(C=C=CC2=CCCC3C=CC(C)=CC3=N2)c1. The first-order valence-corrected chi connectivity index (χ1v) is 12.4. The van der Waals surface area contributed by atoms with Gasteiger partial charge in [-0.05, 0) is 85.1 Å². The lowest BCUT2D eigenvalue weighted by Crippen LogP contribution is -2.12. The minimum Gasteiger partial charge on any atom is -0.377 e. The molecule has 2 heteroatoms. The first-order valence-electron chi connectivity index (χ1n) is 12.4. The molecule has 0 saturated carbocycles. The summed E-state index contributed by atoms with van der Waals surface area (Å²) in [5, 5.41) is 0. The van der Waals surface area contributed by atoms with Crippen molar-refractivity contribution >= 4 is 11.8 Å². The molecular formula is C32H35NO. The van der Waals surface area contributed by atoms with Gasteiger partial charge in [-0.3, -0.25) is 4.99 Å². The molecule has 0 radical (unpaired) electrons. The van der Waals surface area contributed by atoms with Crippen molar-refractivity contribution in [3.63, 3.8) is 0 Å². The van der Waals surface area contributed by atoms with Gasteiger partial charge in [-0.15, -0.1) is 5.73 Å². The lowest BCUT2D eigenvalue weighted by Gasteiger charge is -2.17. The molecular weight excluding hydrogens is 414 g/mol. The van der Waals surface area contributed by atoms with Crippen LogP contribution in [0.5, 0.6) is 0 Å². The van der Waals surface area contributed by atoms with Crippen LogP contribution in [0.25, 0.3) is 6.08 Å². The molecule has 0 N–H and O–H groups in total. The van der Waals surface area contributed by atoms with E-state index in [1.54, 1.807) is 7.11 Å². The Balaban J connectivity index is 1.46. The van der Waals surface area contributed by atoms with Crippen LogP contribution in [-0.2, 0) is 17.6 Å². The molecule has 2 unspecified atom stereocenters. The van der Waals surface area contributed by atoms with Crippen molar-refractivity contribution in [1.29, 1.82) is 0 Å². The Bertz CT molecular complexity index is 1190. The zero-order chi connectivity index (χ0) is 23.8. The molecule has 2 nitrogen and oxygen atoms in total. The van der Waals surface area contributed by atoms with E-state index in [1.165, 1.54) is 22.3 Å². The van der Waals surface area contributed by atoms with E-state index in [0.29, 0.717) is 5.92 Å². The monoisotopic (exact) mass is 449 g/mol. The second-order valence-corrected chi connectivity index (χ2v) is 9.11. The fourth-order valence-corrected chi connectivity index (χ4v) is 4.74. The first kappa shape index (κ1) is 24.0. The van der Waals surface area contributed by atoms with Crippen molar-refractivity contribution in [2.75, 3.05) is 7.11 Å². The van der Waals surface area contributed by atoms with Gasteiger partial charge in [-0.1, -0.05) is 67.6 Å². The summed E-state index contributed by atoms with van der Waals surface area (Å²) < 4.78 is 5.88. The van der Waals surface area contributed by atoms with E-state index in [-0.39, 0.29) is 6.10 Å². The molecule has 34 heavy (non-hydrogen) atoms. The highest BCUT2D eigenvalue weighted by atomic mass is 16.5. The zero-order valence-corrected chi connectivity index (χ0v) is 20.6. The van der Waals surface area contributed by atoms with E-state index in [4.69, 9.17) is 9.73 Å². The molecule has 2 aromatic carbocycles. The molecule has 0 saturated heterocycles. The van der Waals surface area contributed by atoms with Gasteiger partial charge in [0.15, 0.2) is 0 Å². The van der Waals surface area contributed by atoms with Gasteiger partial charge in [0.1, 0.15) is 0 Å². The number of allylic oxidation sites excluding steroid dienone is 6. The maximum atomic E-state index is 5.88. The van der Waals surface area contributed by atoms with Crippen molar-refractivity contribution in [2.45, 2.75) is 52.1 Å². The topological polar surface area (TPSA) is 21.6 Å². The molecule has 1 aliphatic carbocycles. The lowest BCUT2D eigenvalue weighted by atomic mass is 9.92. The van der Waals surface area contributed by atoms with Crippen LogP contribution in [0.3, 0.4) is 0 Å². The predicted octanol–water partition coefficient (Wildman–Crippen LogP) is 7.99. The minimum absolute atomic E-state index is 0.0736. The van der Waals surface area contributed by atoms with Gasteiger partial charge in [0.2, 0.25) is 0 Å². The van der Waals surface area contributed by atoms with Crippen LogP contribution in [0, 0.1) is 5.92 Å². The van der Waals surface area contributed by atoms with E-state index in [0.717, 1.165) is 49.1 Å². The van der Waals surface area contributed by atoms with Crippen LogP contribution in [0.4, 0.5) is 0 Å². The van der Waals surface area contributed by atoms with Crippen molar-refractivity contribution < 1.29 is 4.74 Å². The number of methoxy groups -OCH3 is 1. The average molecular weight is 450 g/mol. The van der Waals surface area contributed by atoms with Crippen LogP contribution in [-0.4, -0.2) is 12.8 Å². The second-order valence-electron chi connectivity index (χ2n) is 9.11. The van der Waals surface area contributed by atoms with Crippen LogP contribution in [0.15, 0.2) is 101 Å². The molecule has 2 aromatic rings. The van der Waals surface area contributed by atoms with Crippen molar-refractivity contribution in [3.05, 3.63) is 118 Å². The second kappa shape index (κ2) is 11.8. The summed E-state index contributed by atoms with van der Waals surface area (Å²) >= 11 is 0. The molecule has 1 heterocycles. The molecule has 1 aliphatic heterocycles. The summed E-state index contributed by atoms with van der Waals surface area (Å²) in [6.07, 6.45) is 18.2. The van der Waals surface area contributed by atoms with Gasteiger partial charge < -0.3 is 4.74 Å². The Morgan fingerprint density at radius 1 is 1.12 bits per heavy atom. The third-order valence-electron chi connectivity index (χ3n) is 6.66. The number of benzene rings is 2. The number of nitrogens with zero attached hydrogens (tertiary/aromatic N) is 1. The van der Waals surface area contributed by atoms with Gasteiger partial charge >= 0.3 is 0 Å². The van der Waals surface area contributed by atoms with Crippen LogP contribution < -0.4 is 0 Å². The summed E-state index contributed by atoms with van der Waals surface area (Å²) in [6, 6.07) is 17.3. The number of hydrogen-bond acceptors (Lipinski definition) is 2. The maximum Gasteiger partial charge on any atom is 0.0824 e.